The highest BCUT2D eigenvalue weighted by Gasteiger charge is 2.05. The first kappa shape index (κ1) is 16.1. The van der Waals surface area contributed by atoms with E-state index >= 15 is 0 Å². The van der Waals surface area contributed by atoms with Gasteiger partial charge >= 0.3 is 0 Å². The predicted molar refractivity (Wildman–Crippen MR) is 81.4 cm³/mol. The Kier molecular flexibility index (Phi) is 8.45. The number of halogens is 1. The molecule has 2 N–H and O–H groups in total. The maximum absolute atomic E-state index is 5.40. The number of hydrogen-bond donors (Lipinski definition) is 1. The van der Waals surface area contributed by atoms with Gasteiger partial charge in [-0.15, -0.1) is 0 Å². The zero-order valence-corrected chi connectivity index (χ0v) is 12.9. The highest BCUT2D eigenvalue weighted by atomic mass is 79.9. The summed E-state index contributed by atoms with van der Waals surface area (Å²) in [6.07, 6.45) is 2.91. The summed E-state index contributed by atoms with van der Waals surface area (Å²) in [5.41, 5.74) is 7.43. The van der Waals surface area contributed by atoms with E-state index in [1.165, 1.54) is 0 Å². The quantitative estimate of drug-likeness (QED) is 0.430. The summed E-state index contributed by atoms with van der Waals surface area (Å²) < 4.78 is 6.10. The molecular weight excluding hydrogens is 308 g/mol. The number of unbranched alkanes of at least 4 members (excludes halogenated alkanes) is 1. The highest BCUT2D eigenvalue weighted by molar-refractivity contribution is 9.10. The fourth-order valence-corrected chi connectivity index (χ4v) is 1.86. The van der Waals surface area contributed by atoms with Crippen LogP contribution in [0.2, 0.25) is 0 Å². The Labute approximate surface area is 123 Å². The van der Waals surface area contributed by atoms with Gasteiger partial charge in [-0.2, -0.15) is 0 Å². The molecule has 4 nitrogen and oxygen atoms in total. The average molecular weight is 329 g/mol. The zero-order chi connectivity index (χ0) is 13.9. The lowest BCUT2D eigenvalue weighted by Gasteiger charge is -2.07. The highest BCUT2D eigenvalue weighted by Crippen LogP contribution is 2.14. The maximum atomic E-state index is 5.40. The van der Waals surface area contributed by atoms with Gasteiger partial charge in [0.1, 0.15) is 6.61 Å². The molecule has 0 unspecified atom stereocenters. The van der Waals surface area contributed by atoms with E-state index in [0.29, 0.717) is 13.2 Å². The van der Waals surface area contributed by atoms with Crippen molar-refractivity contribution in [3.8, 4) is 0 Å². The van der Waals surface area contributed by atoms with Gasteiger partial charge in [0.25, 0.3) is 0 Å². The summed E-state index contributed by atoms with van der Waals surface area (Å²) in [6.45, 7) is 1.69. The van der Waals surface area contributed by atoms with Crippen LogP contribution in [0, 0.1) is 0 Å². The summed E-state index contributed by atoms with van der Waals surface area (Å²) in [5, 5.41) is 4.19. The summed E-state index contributed by atoms with van der Waals surface area (Å²) in [7, 11) is 1.72. The fourth-order valence-electron chi connectivity index (χ4n) is 1.60. The number of oxime groups is 1. The summed E-state index contributed by atoms with van der Waals surface area (Å²) in [6, 6.07) is 8.07. The third-order valence-corrected chi connectivity index (χ3v) is 3.10. The van der Waals surface area contributed by atoms with Crippen molar-refractivity contribution in [1.82, 2.24) is 0 Å². The molecule has 0 heterocycles. The van der Waals surface area contributed by atoms with Crippen LogP contribution in [0.5, 0.6) is 0 Å². The number of rotatable bonds is 9. The van der Waals surface area contributed by atoms with Crippen molar-refractivity contribution in [3.63, 3.8) is 0 Å². The third-order valence-electron chi connectivity index (χ3n) is 2.57. The van der Waals surface area contributed by atoms with E-state index < -0.39 is 0 Å². The number of nitrogens with zero attached hydrogens (tertiary/aromatic N) is 1. The Bertz CT molecular complexity index is 380. The van der Waals surface area contributed by atoms with Gasteiger partial charge in [-0.3, -0.25) is 0 Å². The van der Waals surface area contributed by atoms with Crippen LogP contribution < -0.4 is 5.73 Å². The van der Waals surface area contributed by atoms with Crippen LogP contribution in [0.4, 0.5) is 0 Å². The fraction of sp³-hybridized carbons (Fsp3) is 0.500. The van der Waals surface area contributed by atoms with Gasteiger partial charge in [0.2, 0.25) is 0 Å². The van der Waals surface area contributed by atoms with E-state index in [1.54, 1.807) is 7.11 Å². The summed E-state index contributed by atoms with van der Waals surface area (Å²) in [4.78, 5) is 5.21. The normalized spacial score (nSPS) is 11.6. The van der Waals surface area contributed by atoms with Crippen LogP contribution in [-0.2, 0) is 9.57 Å². The Morgan fingerprint density at radius 1 is 1.21 bits per heavy atom. The molecular formula is C14H21BrN2O2. The minimum atomic E-state index is 0.443. The molecule has 0 bridgehead atoms. The Morgan fingerprint density at radius 3 is 2.58 bits per heavy atom. The van der Waals surface area contributed by atoms with Crippen molar-refractivity contribution in [2.75, 3.05) is 26.9 Å². The molecule has 1 aromatic rings. The van der Waals surface area contributed by atoms with E-state index in [0.717, 1.165) is 41.6 Å². The van der Waals surface area contributed by atoms with Gasteiger partial charge in [0.05, 0.1) is 5.71 Å². The van der Waals surface area contributed by atoms with E-state index in [-0.39, 0.29) is 0 Å². The van der Waals surface area contributed by atoms with Crippen LogP contribution in [0.25, 0.3) is 0 Å². The van der Waals surface area contributed by atoms with Crippen molar-refractivity contribution >= 4 is 21.6 Å². The van der Waals surface area contributed by atoms with Crippen LogP contribution in [0.1, 0.15) is 24.8 Å². The van der Waals surface area contributed by atoms with Crippen LogP contribution in [0.3, 0.4) is 0 Å². The minimum absolute atomic E-state index is 0.443. The number of nitrogens with two attached hydrogens (primary N) is 1. The molecule has 0 spiro atoms. The largest absolute Gasteiger partial charge is 0.394 e. The summed E-state index contributed by atoms with van der Waals surface area (Å²) in [5.74, 6) is 0. The molecule has 1 rings (SSSR count). The molecule has 0 aliphatic carbocycles. The van der Waals surface area contributed by atoms with E-state index in [9.17, 15) is 0 Å². The molecule has 19 heavy (non-hydrogen) atoms. The van der Waals surface area contributed by atoms with Crippen LogP contribution in [0.15, 0.2) is 33.9 Å². The lowest BCUT2D eigenvalue weighted by molar-refractivity contribution is 0.151. The number of methoxy groups -OCH3 is 1. The Hall–Kier alpha value is -0.910. The molecule has 0 radical (unpaired) electrons. The Morgan fingerprint density at radius 2 is 1.95 bits per heavy atom. The van der Waals surface area contributed by atoms with Crippen molar-refractivity contribution in [1.29, 1.82) is 0 Å². The van der Waals surface area contributed by atoms with Crippen molar-refractivity contribution in [2.24, 2.45) is 10.9 Å². The molecule has 0 saturated carbocycles. The van der Waals surface area contributed by atoms with Crippen molar-refractivity contribution in [3.05, 3.63) is 34.3 Å². The van der Waals surface area contributed by atoms with Gasteiger partial charge < -0.3 is 15.3 Å². The molecule has 0 amide bonds. The van der Waals surface area contributed by atoms with Crippen LogP contribution in [-0.4, -0.2) is 32.6 Å². The molecule has 1 aromatic carbocycles. The van der Waals surface area contributed by atoms with Gasteiger partial charge in [0.15, 0.2) is 0 Å². The first-order valence-corrected chi connectivity index (χ1v) is 7.21. The number of benzene rings is 1. The molecule has 0 atom stereocenters. The minimum Gasteiger partial charge on any atom is -0.394 e. The zero-order valence-electron chi connectivity index (χ0n) is 11.3. The average Bonchev–Trinajstić information content (AvgIpc) is 2.43. The van der Waals surface area contributed by atoms with E-state index in [2.05, 4.69) is 21.1 Å². The van der Waals surface area contributed by atoms with Crippen molar-refractivity contribution < 1.29 is 9.57 Å². The first-order valence-electron chi connectivity index (χ1n) is 6.41. The van der Waals surface area contributed by atoms with Crippen molar-refractivity contribution in [2.45, 2.75) is 19.3 Å². The summed E-state index contributed by atoms with van der Waals surface area (Å²) >= 11 is 3.43. The standard InChI is InChI=1S/C14H21BrN2O2/c1-18-10-3-2-4-14(17-19-11-9-16)12-5-7-13(15)8-6-12/h5-8H,2-4,9-11,16H2,1H3. The molecule has 5 heteroatoms. The second kappa shape index (κ2) is 9.95. The molecule has 0 aromatic heterocycles. The SMILES string of the molecule is COCCCCC(=NOCCN)c1ccc(Br)cc1. The molecule has 0 fully saturated rings. The number of hydrogen-bond acceptors (Lipinski definition) is 4. The lowest BCUT2D eigenvalue weighted by Crippen LogP contribution is -2.08. The molecule has 0 saturated heterocycles. The second-order valence-corrected chi connectivity index (χ2v) is 5.03. The first-order chi connectivity index (χ1) is 9.27. The van der Waals surface area contributed by atoms with Gasteiger partial charge in [-0.25, -0.2) is 0 Å². The van der Waals surface area contributed by atoms with E-state index in [4.69, 9.17) is 15.3 Å². The lowest BCUT2D eigenvalue weighted by atomic mass is 10.1. The number of ether oxygens (including phenoxy) is 1. The monoisotopic (exact) mass is 328 g/mol. The van der Waals surface area contributed by atoms with Gasteiger partial charge in [0, 0.05) is 24.7 Å². The maximum Gasteiger partial charge on any atom is 0.129 e. The topological polar surface area (TPSA) is 56.8 Å². The Balaban J connectivity index is 2.62. The van der Waals surface area contributed by atoms with E-state index in [1.807, 2.05) is 24.3 Å². The van der Waals surface area contributed by atoms with Gasteiger partial charge in [-0.05, 0) is 37.0 Å². The smallest absolute Gasteiger partial charge is 0.129 e. The molecule has 0 aliphatic heterocycles. The van der Waals surface area contributed by atoms with Crippen LogP contribution >= 0.6 is 15.9 Å². The predicted octanol–water partition coefficient (Wildman–Crippen LogP) is 2.95. The molecule has 106 valence electrons. The van der Waals surface area contributed by atoms with Gasteiger partial charge in [-0.1, -0.05) is 33.2 Å². The molecule has 0 aliphatic rings. The third kappa shape index (κ3) is 6.71. The second-order valence-electron chi connectivity index (χ2n) is 4.12.